The summed E-state index contributed by atoms with van der Waals surface area (Å²) < 4.78 is 4.58. The topological polar surface area (TPSA) is 58.6 Å². The zero-order chi connectivity index (χ0) is 13.9. The molecule has 1 aliphatic rings. The van der Waals surface area contributed by atoms with Gasteiger partial charge in [0.1, 0.15) is 0 Å². The number of methoxy groups -OCH3 is 1. The molecule has 0 fully saturated rings. The van der Waals surface area contributed by atoms with Gasteiger partial charge in [-0.1, -0.05) is 24.3 Å². The largest absolute Gasteiger partial charge is 0.467 e. The van der Waals surface area contributed by atoms with E-state index in [1.807, 2.05) is 6.07 Å². The molecular formula is C15H21NO3. The Morgan fingerprint density at radius 2 is 2.16 bits per heavy atom. The SMILES string of the molecule is COC(=O)C(C)(O)CNC1CCc2ccccc2C1. The van der Waals surface area contributed by atoms with Gasteiger partial charge in [-0.25, -0.2) is 4.79 Å². The van der Waals surface area contributed by atoms with Crippen LogP contribution in [0.5, 0.6) is 0 Å². The van der Waals surface area contributed by atoms with Crippen molar-refractivity contribution in [3.05, 3.63) is 35.4 Å². The van der Waals surface area contributed by atoms with Crippen LogP contribution in [-0.2, 0) is 22.4 Å². The van der Waals surface area contributed by atoms with Crippen LogP contribution < -0.4 is 5.32 Å². The number of esters is 1. The van der Waals surface area contributed by atoms with Crippen LogP contribution in [0.15, 0.2) is 24.3 Å². The minimum Gasteiger partial charge on any atom is -0.467 e. The number of aliphatic hydroxyl groups is 1. The molecule has 0 bridgehead atoms. The molecular weight excluding hydrogens is 242 g/mol. The smallest absolute Gasteiger partial charge is 0.338 e. The number of benzene rings is 1. The summed E-state index contributed by atoms with van der Waals surface area (Å²) in [6.45, 7) is 1.69. The Hall–Kier alpha value is -1.39. The number of hydrogen-bond acceptors (Lipinski definition) is 4. The summed E-state index contributed by atoms with van der Waals surface area (Å²) in [6, 6.07) is 8.71. The number of ether oxygens (including phenoxy) is 1. The van der Waals surface area contributed by atoms with Crippen LogP contribution in [0.1, 0.15) is 24.5 Å². The van der Waals surface area contributed by atoms with Crippen molar-refractivity contribution in [1.82, 2.24) is 5.32 Å². The van der Waals surface area contributed by atoms with Crippen molar-refractivity contribution in [2.75, 3.05) is 13.7 Å². The molecule has 0 saturated carbocycles. The average molecular weight is 263 g/mol. The van der Waals surface area contributed by atoms with E-state index in [9.17, 15) is 9.90 Å². The third kappa shape index (κ3) is 3.33. The Morgan fingerprint density at radius 3 is 2.84 bits per heavy atom. The molecule has 0 heterocycles. The first-order chi connectivity index (χ1) is 9.03. The first kappa shape index (κ1) is 14.0. The second kappa shape index (κ2) is 5.72. The molecule has 1 aliphatic carbocycles. The molecule has 4 heteroatoms. The lowest BCUT2D eigenvalue weighted by atomic mass is 9.88. The minimum absolute atomic E-state index is 0.215. The molecule has 4 nitrogen and oxygen atoms in total. The highest BCUT2D eigenvalue weighted by Crippen LogP contribution is 2.21. The predicted molar refractivity (Wildman–Crippen MR) is 72.9 cm³/mol. The van der Waals surface area contributed by atoms with Gasteiger partial charge in [0.2, 0.25) is 0 Å². The molecule has 2 unspecified atom stereocenters. The third-order valence-electron chi connectivity index (χ3n) is 3.71. The van der Waals surface area contributed by atoms with Crippen LogP contribution in [0.25, 0.3) is 0 Å². The molecule has 0 radical (unpaired) electrons. The molecule has 2 rings (SSSR count). The van der Waals surface area contributed by atoms with E-state index in [1.165, 1.54) is 25.2 Å². The lowest BCUT2D eigenvalue weighted by Gasteiger charge is -2.28. The fourth-order valence-corrected chi connectivity index (χ4v) is 2.51. The highest BCUT2D eigenvalue weighted by molar-refractivity contribution is 5.78. The molecule has 0 amide bonds. The molecule has 1 aromatic carbocycles. The van der Waals surface area contributed by atoms with Crippen LogP contribution in [0.2, 0.25) is 0 Å². The fraction of sp³-hybridized carbons (Fsp3) is 0.533. The van der Waals surface area contributed by atoms with Gasteiger partial charge in [0.15, 0.2) is 5.60 Å². The molecule has 2 N–H and O–H groups in total. The molecule has 2 atom stereocenters. The van der Waals surface area contributed by atoms with E-state index in [2.05, 4.69) is 28.3 Å². The van der Waals surface area contributed by atoms with E-state index < -0.39 is 11.6 Å². The van der Waals surface area contributed by atoms with Crippen molar-refractivity contribution in [1.29, 1.82) is 0 Å². The Balaban J connectivity index is 1.91. The molecule has 1 aromatic rings. The van der Waals surface area contributed by atoms with E-state index in [1.54, 1.807) is 0 Å². The first-order valence-electron chi connectivity index (χ1n) is 6.64. The molecule has 104 valence electrons. The standard InChI is InChI=1S/C15H21NO3/c1-15(18,14(17)19-2)10-16-13-8-7-11-5-3-4-6-12(11)9-13/h3-6,13,16,18H,7-10H2,1-2H3. The summed E-state index contributed by atoms with van der Waals surface area (Å²) in [5.41, 5.74) is 1.29. The number of carbonyl (C=O) groups excluding carboxylic acids is 1. The van der Waals surface area contributed by atoms with Crippen LogP contribution in [0, 0.1) is 0 Å². The number of hydrogen-bond donors (Lipinski definition) is 2. The lowest BCUT2D eigenvalue weighted by molar-refractivity contribution is -0.160. The van der Waals surface area contributed by atoms with Crippen LogP contribution in [-0.4, -0.2) is 36.4 Å². The monoisotopic (exact) mass is 263 g/mol. The summed E-state index contributed by atoms with van der Waals surface area (Å²) in [7, 11) is 1.29. The highest BCUT2D eigenvalue weighted by atomic mass is 16.5. The van der Waals surface area contributed by atoms with Crippen molar-refractivity contribution in [3.8, 4) is 0 Å². The van der Waals surface area contributed by atoms with Gasteiger partial charge >= 0.3 is 5.97 Å². The number of carbonyl (C=O) groups is 1. The maximum atomic E-state index is 11.4. The van der Waals surface area contributed by atoms with E-state index in [0.29, 0.717) is 6.04 Å². The van der Waals surface area contributed by atoms with Crippen LogP contribution >= 0.6 is 0 Å². The Kier molecular flexibility index (Phi) is 4.22. The number of aryl methyl sites for hydroxylation is 1. The third-order valence-corrected chi connectivity index (χ3v) is 3.71. The van der Waals surface area contributed by atoms with Gasteiger partial charge in [0.25, 0.3) is 0 Å². The number of nitrogens with one attached hydrogen (secondary N) is 1. The van der Waals surface area contributed by atoms with Crippen LogP contribution in [0.4, 0.5) is 0 Å². The van der Waals surface area contributed by atoms with Crippen molar-refractivity contribution in [2.24, 2.45) is 0 Å². The Morgan fingerprint density at radius 1 is 1.47 bits per heavy atom. The summed E-state index contributed by atoms with van der Waals surface area (Å²) in [4.78, 5) is 11.4. The maximum Gasteiger partial charge on any atom is 0.338 e. The summed E-state index contributed by atoms with van der Waals surface area (Å²) in [5, 5.41) is 13.2. The second-order valence-corrected chi connectivity index (χ2v) is 5.35. The lowest BCUT2D eigenvalue weighted by Crippen LogP contribution is -2.49. The molecule has 0 aromatic heterocycles. The Bertz CT molecular complexity index is 456. The van der Waals surface area contributed by atoms with E-state index >= 15 is 0 Å². The van der Waals surface area contributed by atoms with Crippen molar-refractivity contribution < 1.29 is 14.6 Å². The van der Waals surface area contributed by atoms with Gasteiger partial charge in [-0.05, 0) is 37.3 Å². The Labute approximate surface area is 113 Å². The van der Waals surface area contributed by atoms with E-state index in [4.69, 9.17) is 0 Å². The minimum atomic E-state index is -1.47. The second-order valence-electron chi connectivity index (χ2n) is 5.35. The van der Waals surface area contributed by atoms with E-state index in [-0.39, 0.29) is 6.54 Å². The number of rotatable bonds is 4. The summed E-state index contributed by atoms with van der Waals surface area (Å²) >= 11 is 0. The summed E-state index contributed by atoms with van der Waals surface area (Å²) in [6.07, 6.45) is 3.00. The maximum absolute atomic E-state index is 11.4. The molecule has 0 aliphatic heterocycles. The highest BCUT2D eigenvalue weighted by Gasteiger charge is 2.32. The predicted octanol–water partition coefficient (Wildman–Crippen LogP) is 1.06. The van der Waals surface area contributed by atoms with E-state index in [0.717, 1.165) is 19.3 Å². The normalized spacial score (nSPS) is 21.3. The van der Waals surface area contributed by atoms with Gasteiger partial charge in [0, 0.05) is 12.6 Å². The van der Waals surface area contributed by atoms with Gasteiger partial charge in [0.05, 0.1) is 7.11 Å². The van der Waals surface area contributed by atoms with Gasteiger partial charge in [-0.2, -0.15) is 0 Å². The quantitative estimate of drug-likeness (QED) is 0.797. The zero-order valence-electron chi connectivity index (χ0n) is 11.5. The van der Waals surface area contributed by atoms with Crippen molar-refractivity contribution in [3.63, 3.8) is 0 Å². The fourth-order valence-electron chi connectivity index (χ4n) is 2.51. The summed E-state index contributed by atoms with van der Waals surface area (Å²) in [5.74, 6) is -0.601. The van der Waals surface area contributed by atoms with Gasteiger partial charge < -0.3 is 15.2 Å². The van der Waals surface area contributed by atoms with Crippen molar-refractivity contribution in [2.45, 2.75) is 37.8 Å². The molecule has 0 spiro atoms. The van der Waals surface area contributed by atoms with Crippen LogP contribution in [0.3, 0.4) is 0 Å². The average Bonchev–Trinajstić information content (AvgIpc) is 2.44. The zero-order valence-corrected chi connectivity index (χ0v) is 11.5. The first-order valence-corrected chi connectivity index (χ1v) is 6.64. The molecule has 19 heavy (non-hydrogen) atoms. The van der Waals surface area contributed by atoms with Gasteiger partial charge in [-0.3, -0.25) is 0 Å². The van der Waals surface area contributed by atoms with Gasteiger partial charge in [-0.15, -0.1) is 0 Å². The number of fused-ring (bicyclic) bond motifs is 1. The van der Waals surface area contributed by atoms with Crippen molar-refractivity contribution >= 4 is 5.97 Å². The molecule has 0 saturated heterocycles.